The van der Waals surface area contributed by atoms with Gasteiger partial charge in [0, 0.05) is 16.0 Å². The van der Waals surface area contributed by atoms with E-state index >= 15 is 0 Å². The number of nitrogens with one attached hydrogen (secondary N) is 1. The molecule has 0 radical (unpaired) electrons. The summed E-state index contributed by atoms with van der Waals surface area (Å²) in [6, 6.07) is 17.8. The lowest BCUT2D eigenvalue weighted by Crippen LogP contribution is -2.23. The molecule has 0 aromatic heterocycles. The van der Waals surface area contributed by atoms with E-state index in [9.17, 15) is 0 Å². The van der Waals surface area contributed by atoms with Crippen molar-refractivity contribution in [1.29, 1.82) is 0 Å². The largest absolute Gasteiger partial charge is 0.316 e. The molecule has 0 saturated carbocycles. The molecule has 2 aromatic carbocycles. The third kappa shape index (κ3) is 5.44. The van der Waals surface area contributed by atoms with Crippen LogP contribution < -0.4 is 5.32 Å². The highest BCUT2D eigenvalue weighted by molar-refractivity contribution is 14.1. The van der Waals surface area contributed by atoms with E-state index < -0.39 is 0 Å². The van der Waals surface area contributed by atoms with E-state index in [4.69, 9.17) is 0 Å². The first-order chi connectivity index (χ1) is 10.2. The number of benzene rings is 2. The van der Waals surface area contributed by atoms with Crippen molar-refractivity contribution in [2.24, 2.45) is 0 Å². The second-order valence-electron chi connectivity index (χ2n) is 5.65. The lowest BCUT2D eigenvalue weighted by Gasteiger charge is -2.19. The summed E-state index contributed by atoms with van der Waals surface area (Å²) in [6.07, 6.45) is 2.28. The van der Waals surface area contributed by atoms with Gasteiger partial charge in [0.15, 0.2) is 0 Å². The first-order valence-electron chi connectivity index (χ1n) is 7.70. The van der Waals surface area contributed by atoms with Gasteiger partial charge in [-0.25, -0.2) is 0 Å². The van der Waals surface area contributed by atoms with E-state index in [-0.39, 0.29) is 0 Å². The summed E-state index contributed by atoms with van der Waals surface area (Å²) < 4.78 is 1.30. The Morgan fingerprint density at radius 2 is 1.86 bits per heavy atom. The summed E-state index contributed by atoms with van der Waals surface area (Å²) in [5.41, 5.74) is 4.20. The molecule has 1 nitrogen and oxygen atoms in total. The van der Waals surface area contributed by atoms with E-state index in [1.54, 1.807) is 0 Å². The normalized spacial score (nSPS) is 12.3. The predicted molar refractivity (Wildman–Crippen MR) is 99.9 cm³/mol. The monoisotopic (exact) mass is 393 g/mol. The van der Waals surface area contributed by atoms with Gasteiger partial charge in [-0.3, -0.25) is 0 Å². The Morgan fingerprint density at radius 3 is 2.52 bits per heavy atom. The zero-order valence-electron chi connectivity index (χ0n) is 12.9. The molecular formula is C19H24IN. The summed E-state index contributed by atoms with van der Waals surface area (Å²) in [6.45, 7) is 6.52. The van der Waals surface area contributed by atoms with Gasteiger partial charge in [-0.05, 0) is 72.2 Å². The second-order valence-corrected chi connectivity index (χ2v) is 6.89. The fourth-order valence-corrected chi connectivity index (χ4v) is 2.95. The van der Waals surface area contributed by atoms with E-state index in [0.29, 0.717) is 5.92 Å². The summed E-state index contributed by atoms with van der Waals surface area (Å²) in [5.74, 6) is 0.538. The number of rotatable bonds is 7. The van der Waals surface area contributed by atoms with Crippen molar-refractivity contribution in [3.05, 3.63) is 68.8 Å². The fourth-order valence-electron chi connectivity index (χ4n) is 2.59. The third-order valence-corrected chi connectivity index (χ3v) is 4.45. The maximum absolute atomic E-state index is 3.58. The smallest absolute Gasteiger partial charge is 0.0130 e. The molecule has 1 N–H and O–H groups in total. The van der Waals surface area contributed by atoms with Crippen molar-refractivity contribution in [3.63, 3.8) is 0 Å². The summed E-state index contributed by atoms with van der Waals surface area (Å²) in [4.78, 5) is 0. The van der Waals surface area contributed by atoms with Crippen LogP contribution in [0.25, 0.3) is 0 Å². The van der Waals surface area contributed by atoms with E-state index in [0.717, 1.165) is 19.5 Å². The minimum absolute atomic E-state index is 0.538. The van der Waals surface area contributed by atoms with Crippen molar-refractivity contribution < 1.29 is 0 Å². The van der Waals surface area contributed by atoms with Crippen molar-refractivity contribution in [2.75, 3.05) is 13.1 Å². The highest BCUT2D eigenvalue weighted by atomic mass is 127. The number of halogens is 1. The molecule has 0 spiro atoms. The predicted octanol–water partition coefficient (Wildman–Crippen LogP) is 4.93. The molecule has 2 heteroatoms. The van der Waals surface area contributed by atoms with Gasteiger partial charge in [0.05, 0.1) is 0 Å². The molecule has 0 aliphatic carbocycles. The maximum atomic E-state index is 3.58. The standard InChI is InChI=1S/C19H24IN/c1-3-11-21-14-18(17-6-4-5-15(2)12-17)13-16-7-9-19(20)10-8-16/h4-10,12,18,21H,3,11,13-14H2,1-2H3. The average Bonchev–Trinajstić information content (AvgIpc) is 2.48. The van der Waals surface area contributed by atoms with Gasteiger partial charge < -0.3 is 5.32 Å². The van der Waals surface area contributed by atoms with Gasteiger partial charge >= 0.3 is 0 Å². The van der Waals surface area contributed by atoms with Crippen LogP contribution in [0, 0.1) is 10.5 Å². The van der Waals surface area contributed by atoms with Gasteiger partial charge in [0.25, 0.3) is 0 Å². The molecule has 0 amide bonds. The summed E-state index contributed by atoms with van der Waals surface area (Å²) >= 11 is 2.36. The zero-order chi connectivity index (χ0) is 15.1. The molecule has 1 atom stereocenters. The quantitative estimate of drug-likeness (QED) is 0.520. The van der Waals surface area contributed by atoms with Gasteiger partial charge in [0.2, 0.25) is 0 Å². The SMILES string of the molecule is CCCNCC(Cc1ccc(I)cc1)c1cccc(C)c1. The number of hydrogen-bond donors (Lipinski definition) is 1. The molecule has 112 valence electrons. The Morgan fingerprint density at radius 1 is 1.10 bits per heavy atom. The lowest BCUT2D eigenvalue weighted by atomic mass is 9.91. The Bertz CT molecular complexity index is 548. The van der Waals surface area contributed by atoms with Gasteiger partial charge in [-0.15, -0.1) is 0 Å². The third-order valence-electron chi connectivity index (χ3n) is 3.73. The lowest BCUT2D eigenvalue weighted by molar-refractivity contribution is 0.576. The molecule has 21 heavy (non-hydrogen) atoms. The molecule has 0 bridgehead atoms. The fraction of sp³-hybridized carbons (Fsp3) is 0.368. The van der Waals surface area contributed by atoms with Crippen molar-refractivity contribution in [1.82, 2.24) is 5.32 Å². The van der Waals surface area contributed by atoms with Crippen LogP contribution in [0.2, 0.25) is 0 Å². The maximum Gasteiger partial charge on any atom is 0.0130 e. The Kier molecular flexibility index (Phi) is 6.71. The molecular weight excluding hydrogens is 369 g/mol. The van der Waals surface area contributed by atoms with Gasteiger partial charge in [0.1, 0.15) is 0 Å². The Balaban J connectivity index is 2.13. The number of aryl methyl sites for hydroxylation is 1. The van der Waals surface area contributed by atoms with Crippen LogP contribution in [0.4, 0.5) is 0 Å². The van der Waals surface area contributed by atoms with Crippen LogP contribution in [0.1, 0.15) is 36.0 Å². The molecule has 0 heterocycles. The molecule has 1 unspecified atom stereocenters. The first-order valence-corrected chi connectivity index (χ1v) is 8.78. The van der Waals surface area contributed by atoms with E-state index in [1.165, 1.54) is 26.7 Å². The van der Waals surface area contributed by atoms with Crippen molar-refractivity contribution >= 4 is 22.6 Å². The molecule has 2 rings (SSSR count). The van der Waals surface area contributed by atoms with Crippen LogP contribution in [-0.4, -0.2) is 13.1 Å². The topological polar surface area (TPSA) is 12.0 Å². The highest BCUT2D eigenvalue weighted by Crippen LogP contribution is 2.22. The van der Waals surface area contributed by atoms with Crippen LogP contribution in [-0.2, 0) is 6.42 Å². The first kappa shape index (κ1) is 16.5. The summed E-state index contributed by atoms with van der Waals surface area (Å²) in [5, 5.41) is 3.58. The minimum Gasteiger partial charge on any atom is -0.316 e. The van der Waals surface area contributed by atoms with E-state index in [1.807, 2.05) is 0 Å². The molecule has 0 aliphatic rings. The zero-order valence-corrected chi connectivity index (χ0v) is 15.1. The molecule has 0 aliphatic heterocycles. The Hall–Kier alpha value is -0.870. The average molecular weight is 393 g/mol. The minimum atomic E-state index is 0.538. The van der Waals surface area contributed by atoms with Crippen LogP contribution in [0.3, 0.4) is 0 Å². The van der Waals surface area contributed by atoms with Crippen LogP contribution in [0.5, 0.6) is 0 Å². The van der Waals surface area contributed by atoms with Crippen molar-refractivity contribution in [3.8, 4) is 0 Å². The van der Waals surface area contributed by atoms with Gasteiger partial charge in [-0.2, -0.15) is 0 Å². The summed E-state index contributed by atoms with van der Waals surface area (Å²) in [7, 11) is 0. The highest BCUT2D eigenvalue weighted by Gasteiger charge is 2.12. The molecule has 0 fully saturated rings. The van der Waals surface area contributed by atoms with Crippen LogP contribution in [0.15, 0.2) is 48.5 Å². The second kappa shape index (κ2) is 8.54. The van der Waals surface area contributed by atoms with Crippen molar-refractivity contribution in [2.45, 2.75) is 32.6 Å². The molecule has 0 saturated heterocycles. The van der Waals surface area contributed by atoms with Crippen LogP contribution >= 0.6 is 22.6 Å². The number of hydrogen-bond acceptors (Lipinski definition) is 1. The van der Waals surface area contributed by atoms with E-state index in [2.05, 4.69) is 90.3 Å². The van der Waals surface area contributed by atoms with Gasteiger partial charge in [-0.1, -0.05) is 48.9 Å². The molecule has 2 aromatic rings. The Labute approximate surface area is 142 Å².